The average Bonchev–Trinajstić information content (AvgIpc) is 2.96. The SMILES string of the molecule is CCCNC(C)c1nnc(N(C)CC2CCOCC2)o1. The molecule has 20 heavy (non-hydrogen) atoms. The molecule has 1 aliphatic rings. The highest BCUT2D eigenvalue weighted by Crippen LogP contribution is 2.20. The smallest absolute Gasteiger partial charge is 0.317 e. The minimum atomic E-state index is 0.104. The van der Waals surface area contributed by atoms with Crippen LogP contribution in [0.4, 0.5) is 6.01 Å². The number of hydrogen-bond donors (Lipinski definition) is 1. The largest absolute Gasteiger partial charge is 0.406 e. The molecule has 1 fully saturated rings. The Bertz CT molecular complexity index is 390. The summed E-state index contributed by atoms with van der Waals surface area (Å²) in [5, 5.41) is 11.6. The van der Waals surface area contributed by atoms with Gasteiger partial charge in [0.1, 0.15) is 0 Å². The topological polar surface area (TPSA) is 63.4 Å². The third kappa shape index (κ3) is 4.18. The monoisotopic (exact) mass is 282 g/mol. The molecule has 0 aliphatic carbocycles. The summed E-state index contributed by atoms with van der Waals surface area (Å²) >= 11 is 0. The van der Waals surface area contributed by atoms with Gasteiger partial charge in [0.2, 0.25) is 5.89 Å². The van der Waals surface area contributed by atoms with Gasteiger partial charge in [0.15, 0.2) is 0 Å². The molecule has 1 aromatic heterocycles. The third-order valence-corrected chi connectivity index (χ3v) is 3.70. The van der Waals surface area contributed by atoms with Gasteiger partial charge in [0, 0.05) is 26.8 Å². The van der Waals surface area contributed by atoms with E-state index in [2.05, 4.69) is 27.3 Å². The van der Waals surface area contributed by atoms with Crippen molar-refractivity contribution in [2.24, 2.45) is 5.92 Å². The molecule has 114 valence electrons. The van der Waals surface area contributed by atoms with Crippen LogP contribution in [0.2, 0.25) is 0 Å². The lowest BCUT2D eigenvalue weighted by Crippen LogP contribution is -2.29. The van der Waals surface area contributed by atoms with Crippen molar-refractivity contribution in [1.29, 1.82) is 0 Å². The molecule has 6 nitrogen and oxygen atoms in total. The van der Waals surface area contributed by atoms with Gasteiger partial charge >= 0.3 is 6.01 Å². The van der Waals surface area contributed by atoms with E-state index in [0.29, 0.717) is 17.8 Å². The van der Waals surface area contributed by atoms with Crippen LogP contribution < -0.4 is 10.2 Å². The van der Waals surface area contributed by atoms with Crippen molar-refractivity contribution in [3.63, 3.8) is 0 Å². The van der Waals surface area contributed by atoms with E-state index >= 15 is 0 Å². The van der Waals surface area contributed by atoms with Gasteiger partial charge in [-0.25, -0.2) is 0 Å². The predicted octanol–water partition coefficient (Wildman–Crippen LogP) is 1.99. The quantitative estimate of drug-likeness (QED) is 0.825. The zero-order valence-corrected chi connectivity index (χ0v) is 12.8. The zero-order valence-electron chi connectivity index (χ0n) is 12.8. The first kappa shape index (κ1) is 15.3. The van der Waals surface area contributed by atoms with E-state index in [-0.39, 0.29) is 6.04 Å². The fraction of sp³-hybridized carbons (Fsp3) is 0.857. The van der Waals surface area contributed by atoms with Crippen LogP contribution in [0.1, 0.15) is 45.0 Å². The summed E-state index contributed by atoms with van der Waals surface area (Å²) in [4.78, 5) is 2.05. The number of nitrogens with one attached hydrogen (secondary N) is 1. The van der Waals surface area contributed by atoms with Crippen LogP contribution in [0.25, 0.3) is 0 Å². The number of hydrogen-bond acceptors (Lipinski definition) is 6. The minimum Gasteiger partial charge on any atom is -0.406 e. The molecular formula is C14H26N4O2. The second-order valence-corrected chi connectivity index (χ2v) is 5.53. The first-order valence-electron chi connectivity index (χ1n) is 7.56. The summed E-state index contributed by atoms with van der Waals surface area (Å²) in [5.41, 5.74) is 0. The van der Waals surface area contributed by atoms with Gasteiger partial charge < -0.3 is 19.4 Å². The Labute approximate surface area is 120 Å². The van der Waals surface area contributed by atoms with Crippen molar-refractivity contribution in [2.45, 2.75) is 39.2 Å². The van der Waals surface area contributed by atoms with Gasteiger partial charge in [-0.1, -0.05) is 12.0 Å². The summed E-state index contributed by atoms with van der Waals surface area (Å²) in [5.74, 6) is 1.31. The van der Waals surface area contributed by atoms with E-state index in [0.717, 1.165) is 45.6 Å². The van der Waals surface area contributed by atoms with E-state index in [1.54, 1.807) is 0 Å². The Morgan fingerprint density at radius 1 is 1.35 bits per heavy atom. The van der Waals surface area contributed by atoms with E-state index in [9.17, 15) is 0 Å². The summed E-state index contributed by atoms with van der Waals surface area (Å²) < 4.78 is 11.1. The number of anilines is 1. The molecule has 1 saturated heterocycles. The molecule has 0 saturated carbocycles. The van der Waals surface area contributed by atoms with Gasteiger partial charge in [-0.05, 0) is 38.6 Å². The van der Waals surface area contributed by atoms with Crippen molar-refractivity contribution < 1.29 is 9.15 Å². The first-order valence-corrected chi connectivity index (χ1v) is 7.56. The lowest BCUT2D eigenvalue weighted by Gasteiger charge is -2.25. The van der Waals surface area contributed by atoms with Gasteiger partial charge in [-0.3, -0.25) is 0 Å². The van der Waals surface area contributed by atoms with Gasteiger partial charge in [-0.2, -0.15) is 0 Å². The van der Waals surface area contributed by atoms with Crippen LogP contribution in [-0.2, 0) is 4.74 Å². The Kier molecular flexibility index (Phi) is 5.79. The maximum absolute atomic E-state index is 5.76. The van der Waals surface area contributed by atoms with Crippen LogP contribution in [0.15, 0.2) is 4.42 Å². The van der Waals surface area contributed by atoms with Crippen molar-refractivity contribution in [3.05, 3.63) is 5.89 Å². The van der Waals surface area contributed by atoms with Gasteiger partial charge in [0.25, 0.3) is 0 Å². The van der Waals surface area contributed by atoms with Crippen molar-refractivity contribution >= 4 is 6.01 Å². The highest BCUT2D eigenvalue weighted by atomic mass is 16.5. The van der Waals surface area contributed by atoms with E-state index in [1.807, 2.05) is 14.0 Å². The third-order valence-electron chi connectivity index (χ3n) is 3.70. The number of ether oxygens (including phenoxy) is 1. The second-order valence-electron chi connectivity index (χ2n) is 5.53. The van der Waals surface area contributed by atoms with Crippen molar-refractivity contribution in [2.75, 3.05) is 38.3 Å². The van der Waals surface area contributed by atoms with Crippen LogP contribution in [0, 0.1) is 5.92 Å². The molecule has 0 radical (unpaired) electrons. The van der Waals surface area contributed by atoms with Crippen LogP contribution in [0.5, 0.6) is 0 Å². The summed E-state index contributed by atoms with van der Waals surface area (Å²) in [6.07, 6.45) is 3.31. The lowest BCUT2D eigenvalue weighted by atomic mass is 10.0. The van der Waals surface area contributed by atoms with Gasteiger partial charge in [0.05, 0.1) is 6.04 Å². The molecule has 0 spiro atoms. The number of aromatic nitrogens is 2. The molecule has 2 heterocycles. The molecule has 1 aromatic rings. The normalized spacial score (nSPS) is 18.1. The Morgan fingerprint density at radius 2 is 2.10 bits per heavy atom. The van der Waals surface area contributed by atoms with Crippen molar-refractivity contribution in [3.8, 4) is 0 Å². The van der Waals surface area contributed by atoms with Crippen LogP contribution >= 0.6 is 0 Å². The average molecular weight is 282 g/mol. The maximum Gasteiger partial charge on any atom is 0.317 e. The number of nitrogens with zero attached hydrogens (tertiary/aromatic N) is 3. The molecule has 1 N–H and O–H groups in total. The van der Waals surface area contributed by atoms with Crippen LogP contribution in [0.3, 0.4) is 0 Å². The molecule has 0 bridgehead atoms. The summed E-state index contributed by atoms with van der Waals surface area (Å²) in [6.45, 7) is 7.82. The number of rotatable bonds is 7. The molecule has 1 atom stereocenters. The lowest BCUT2D eigenvalue weighted by molar-refractivity contribution is 0.0682. The highest BCUT2D eigenvalue weighted by molar-refractivity contribution is 5.22. The summed E-state index contributed by atoms with van der Waals surface area (Å²) in [6, 6.07) is 0.712. The van der Waals surface area contributed by atoms with Gasteiger partial charge in [-0.15, -0.1) is 5.10 Å². The van der Waals surface area contributed by atoms with Crippen molar-refractivity contribution in [1.82, 2.24) is 15.5 Å². The van der Waals surface area contributed by atoms with E-state index < -0.39 is 0 Å². The second kappa shape index (κ2) is 7.59. The molecule has 6 heteroatoms. The van der Waals surface area contributed by atoms with E-state index in [1.165, 1.54) is 0 Å². The Hall–Kier alpha value is -1.14. The highest BCUT2D eigenvalue weighted by Gasteiger charge is 2.20. The van der Waals surface area contributed by atoms with Crippen LogP contribution in [-0.4, -0.2) is 43.5 Å². The predicted molar refractivity (Wildman–Crippen MR) is 77.8 cm³/mol. The Morgan fingerprint density at radius 3 is 2.80 bits per heavy atom. The molecule has 2 rings (SSSR count). The molecular weight excluding hydrogens is 256 g/mol. The fourth-order valence-electron chi connectivity index (χ4n) is 2.40. The molecule has 1 unspecified atom stereocenters. The standard InChI is InChI=1S/C14H26N4O2/c1-4-7-15-11(2)13-16-17-14(20-13)18(3)10-12-5-8-19-9-6-12/h11-12,15H,4-10H2,1-3H3. The van der Waals surface area contributed by atoms with E-state index in [4.69, 9.17) is 9.15 Å². The molecule has 0 amide bonds. The molecule has 0 aromatic carbocycles. The Balaban J connectivity index is 1.86. The maximum atomic E-state index is 5.76. The zero-order chi connectivity index (χ0) is 14.4. The first-order chi connectivity index (χ1) is 9.70. The minimum absolute atomic E-state index is 0.104. The fourth-order valence-corrected chi connectivity index (χ4v) is 2.40. The summed E-state index contributed by atoms with van der Waals surface area (Å²) in [7, 11) is 2.01. The molecule has 1 aliphatic heterocycles.